The van der Waals surface area contributed by atoms with Crippen LogP contribution in [0.5, 0.6) is 5.75 Å². The lowest BCUT2D eigenvalue weighted by molar-refractivity contribution is 0.197. The molecule has 0 unspecified atom stereocenters. The number of nitriles is 1. The summed E-state index contributed by atoms with van der Waals surface area (Å²) in [7, 11) is 0. The molecule has 6 heteroatoms. The first-order valence-electron chi connectivity index (χ1n) is 7.12. The van der Waals surface area contributed by atoms with E-state index in [0.29, 0.717) is 11.1 Å². The first-order valence-corrected chi connectivity index (χ1v) is 8.00. The number of nitrogens with one attached hydrogen (secondary N) is 1. The van der Waals surface area contributed by atoms with Gasteiger partial charge in [0.05, 0.1) is 17.7 Å². The molecule has 4 nitrogen and oxygen atoms in total. The van der Waals surface area contributed by atoms with Gasteiger partial charge in [-0.25, -0.2) is 4.39 Å². The topological polar surface area (TPSA) is 59.3 Å². The lowest BCUT2D eigenvalue weighted by Gasteiger charge is -2.35. The molecule has 1 aromatic heterocycles. The molecule has 1 aliphatic rings. The van der Waals surface area contributed by atoms with Gasteiger partial charge in [-0.05, 0) is 23.6 Å². The quantitative estimate of drug-likeness (QED) is 0.913. The van der Waals surface area contributed by atoms with Crippen molar-refractivity contribution in [2.24, 2.45) is 0 Å². The molecule has 22 heavy (non-hydrogen) atoms. The highest BCUT2D eigenvalue weighted by molar-refractivity contribution is 7.10. The van der Waals surface area contributed by atoms with Gasteiger partial charge in [0.1, 0.15) is 0 Å². The molecule has 2 N–H and O–H groups in total. The Balaban J connectivity index is 2.14. The summed E-state index contributed by atoms with van der Waals surface area (Å²) < 4.78 is 13.9. The summed E-state index contributed by atoms with van der Waals surface area (Å²) >= 11 is 1.55. The first-order chi connectivity index (χ1) is 10.7. The molecule has 0 saturated carbocycles. The zero-order valence-electron chi connectivity index (χ0n) is 11.9. The molecule has 114 valence electrons. The van der Waals surface area contributed by atoms with E-state index in [1.54, 1.807) is 11.3 Å². The summed E-state index contributed by atoms with van der Waals surface area (Å²) in [6.07, 6.45) is 0. The van der Waals surface area contributed by atoms with Crippen LogP contribution in [0.15, 0.2) is 29.6 Å². The Bertz CT molecular complexity index is 690. The third kappa shape index (κ3) is 2.71. The summed E-state index contributed by atoms with van der Waals surface area (Å²) in [5.74, 6) is -1.11. The van der Waals surface area contributed by atoms with Crippen LogP contribution in [0, 0.1) is 17.1 Å². The van der Waals surface area contributed by atoms with Crippen LogP contribution in [-0.4, -0.2) is 36.2 Å². The predicted molar refractivity (Wildman–Crippen MR) is 83.4 cm³/mol. The Morgan fingerprint density at radius 2 is 2.09 bits per heavy atom. The Morgan fingerprint density at radius 3 is 2.73 bits per heavy atom. The zero-order valence-corrected chi connectivity index (χ0v) is 12.7. The summed E-state index contributed by atoms with van der Waals surface area (Å²) in [4.78, 5) is 3.18. The minimum Gasteiger partial charge on any atom is -0.505 e. The van der Waals surface area contributed by atoms with Gasteiger partial charge in [0.25, 0.3) is 0 Å². The maximum atomic E-state index is 13.9. The van der Waals surface area contributed by atoms with Crippen molar-refractivity contribution in [3.05, 3.63) is 51.5 Å². The molecular formula is C16H16FN3OS. The molecule has 1 aromatic carbocycles. The lowest BCUT2D eigenvalue weighted by atomic mass is 9.96. The van der Waals surface area contributed by atoms with Crippen LogP contribution in [0.4, 0.5) is 4.39 Å². The Hall–Kier alpha value is -1.94. The molecule has 1 aliphatic heterocycles. The number of phenolic OH excluding ortho intramolecular Hbond substituents is 1. The van der Waals surface area contributed by atoms with Gasteiger partial charge in [-0.1, -0.05) is 6.07 Å². The molecule has 3 rings (SSSR count). The van der Waals surface area contributed by atoms with Gasteiger partial charge in [0.2, 0.25) is 0 Å². The summed E-state index contributed by atoms with van der Waals surface area (Å²) in [6, 6.07) is 8.25. The number of benzene rings is 1. The Morgan fingerprint density at radius 1 is 1.32 bits per heavy atom. The van der Waals surface area contributed by atoms with E-state index in [-0.39, 0.29) is 6.04 Å². The van der Waals surface area contributed by atoms with Crippen molar-refractivity contribution in [3.63, 3.8) is 0 Å². The number of phenols is 1. The predicted octanol–water partition coefficient (Wildman–Crippen LogP) is 2.46. The van der Waals surface area contributed by atoms with E-state index in [9.17, 15) is 14.8 Å². The fourth-order valence-corrected chi connectivity index (χ4v) is 3.71. The number of rotatable bonds is 3. The zero-order chi connectivity index (χ0) is 15.5. The molecule has 1 atom stereocenters. The van der Waals surface area contributed by atoms with Crippen molar-refractivity contribution in [1.29, 1.82) is 5.26 Å². The number of piperazine rings is 1. The molecule has 0 aliphatic carbocycles. The second kappa shape index (κ2) is 6.44. The largest absolute Gasteiger partial charge is 0.505 e. The third-order valence-corrected chi connectivity index (χ3v) is 4.82. The maximum Gasteiger partial charge on any atom is 0.165 e. The number of thiophene rings is 1. The molecular weight excluding hydrogens is 301 g/mol. The van der Waals surface area contributed by atoms with Gasteiger partial charge < -0.3 is 10.4 Å². The Labute approximate surface area is 132 Å². The minimum absolute atomic E-state index is 0.299. The van der Waals surface area contributed by atoms with Gasteiger partial charge in [0, 0.05) is 36.6 Å². The van der Waals surface area contributed by atoms with E-state index in [0.717, 1.165) is 37.1 Å². The average Bonchev–Trinajstić information content (AvgIpc) is 3.07. The fraction of sp³-hybridized carbons (Fsp3) is 0.312. The van der Waals surface area contributed by atoms with E-state index >= 15 is 0 Å². The van der Waals surface area contributed by atoms with Crippen molar-refractivity contribution in [3.8, 4) is 11.8 Å². The highest BCUT2D eigenvalue weighted by Gasteiger charge is 2.30. The van der Waals surface area contributed by atoms with E-state index in [2.05, 4.69) is 16.3 Å². The van der Waals surface area contributed by atoms with E-state index in [1.807, 2.05) is 17.5 Å². The molecule has 0 bridgehead atoms. The molecule has 0 amide bonds. The van der Waals surface area contributed by atoms with Crippen LogP contribution in [0.25, 0.3) is 0 Å². The van der Waals surface area contributed by atoms with Crippen molar-refractivity contribution < 1.29 is 9.50 Å². The van der Waals surface area contributed by atoms with Crippen LogP contribution in [0.3, 0.4) is 0 Å². The summed E-state index contributed by atoms with van der Waals surface area (Å²) in [6.45, 7) is 3.23. The first kappa shape index (κ1) is 15.0. The fourth-order valence-electron chi connectivity index (χ4n) is 2.85. The Kier molecular flexibility index (Phi) is 4.39. The minimum atomic E-state index is -0.689. The summed E-state index contributed by atoms with van der Waals surface area (Å²) in [5, 5.41) is 24.8. The van der Waals surface area contributed by atoms with Crippen LogP contribution in [0.2, 0.25) is 0 Å². The third-order valence-electron chi connectivity index (χ3n) is 3.89. The SMILES string of the molecule is N#Cc1ccc(F)c(O)c1[C@H](c1cccs1)N1CCNCC1. The van der Waals surface area contributed by atoms with Crippen molar-refractivity contribution in [1.82, 2.24) is 10.2 Å². The van der Waals surface area contributed by atoms with E-state index < -0.39 is 11.6 Å². The van der Waals surface area contributed by atoms with Crippen LogP contribution < -0.4 is 5.32 Å². The molecule has 0 spiro atoms. The normalized spacial score (nSPS) is 17.1. The number of halogens is 1. The molecule has 2 aromatic rings. The molecule has 1 fully saturated rings. The van der Waals surface area contributed by atoms with Crippen molar-refractivity contribution >= 4 is 11.3 Å². The number of nitrogens with zero attached hydrogens (tertiary/aromatic N) is 2. The summed E-state index contributed by atoms with van der Waals surface area (Å²) in [5.41, 5.74) is 0.683. The molecule has 2 heterocycles. The molecule has 0 radical (unpaired) electrons. The second-order valence-electron chi connectivity index (χ2n) is 5.17. The standard InChI is InChI=1S/C16H16FN3OS/c17-12-4-3-11(10-18)14(16(12)21)15(13-2-1-9-22-13)20-7-5-19-6-8-20/h1-4,9,15,19,21H,5-8H2/t15-/m0/s1. The number of hydrogen-bond acceptors (Lipinski definition) is 5. The van der Waals surface area contributed by atoms with Gasteiger partial charge in [-0.15, -0.1) is 11.3 Å². The maximum absolute atomic E-state index is 13.9. The van der Waals surface area contributed by atoms with Crippen LogP contribution in [-0.2, 0) is 0 Å². The van der Waals surface area contributed by atoms with Gasteiger partial charge >= 0.3 is 0 Å². The van der Waals surface area contributed by atoms with E-state index in [1.165, 1.54) is 6.07 Å². The smallest absolute Gasteiger partial charge is 0.165 e. The second-order valence-corrected chi connectivity index (χ2v) is 6.15. The number of aromatic hydroxyl groups is 1. The van der Waals surface area contributed by atoms with E-state index in [4.69, 9.17) is 0 Å². The molecule has 1 saturated heterocycles. The highest BCUT2D eigenvalue weighted by atomic mass is 32.1. The monoisotopic (exact) mass is 317 g/mol. The van der Waals surface area contributed by atoms with Crippen molar-refractivity contribution in [2.75, 3.05) is 26.2 Å². The lowest BCUT2D eigenvalue weighted by Crippen LogP contribution is -2.45. The van der Waals surface area contributed by atoms with Gasteiger partial charge in [-0.3, -0.25) is 4.90 Å². The van der Waals surface area contributed by atoms with Crippen molar-refractivity contribution in [2.45, 2.75) is 6.04 Å². The van der Waals surface area contributed by atoms with Gasteiger partial charge in [0.15, 0.2) is 11.6 Å². The highest BCUT2D eigenvalue weighted by Crippen LogP contribution is 2.39. The van der Waals surface area contributed by atoms with Crippen LogP contribution in [0.1, 0.15) is 22.0 Å². The average molecular weight is 317 g/mol. The van der Waals surface area contributed by atoms with Gasteiger partial charge in [-0.2, -0.15) is 5.26 Å². The number of hydrogen-bond donors (Lipinski definition) is 2. The van der Waals surface area contributed by atoms with Crippen LogP contribution >= 0.6 is 11.3 Å².